The topological polar surface area (TPSA) is 76.1 Å². The number of hydrogen-bond acceptors (Lipinski definition) is 5. The van der Waals surface area contributed by atoms with Crippen molar-refractivity contribution < 1.29 is 37.3 Å². The van der Waals surface area contributed by atoms with Gasteiger partial charge in [-0.15, -0.1) is 13.2 Å². The Balaban J connectivity index is 1.97. The highest BCUT2D eigenvalue weighted by Crippen LogP contribution is 2.44. The number of anilines is 1. The molecular formula is C30H28F3NO5. The lowest BCUT2D eigenvalue weighted by molar-refractivity contribution is -0.274. The number of alkyl halides is 3. The van der Waals surface area contributed by atoms with Crippen LogP contribution in [0, 0.1) is 6.92 Å². The summed E-state index contributed by atoms with van der Waals surface area (Å²) < 4.78 is 48.2. The number of rotatable bonds is 5. The smallest absolute Gasteiger partial charge is 0.507 e. The number of aliphatic hydroxyl groups is 1. The van der Waals surface area contributed by atoms with Crippen LogP contribution >= 0.6 is 0 Å². The molecule has 1 atom stereocenters. The summed E-state index contributed by atoms with van der Waals surface area (Å²) in [5.74, 6) is -2.70. The number of carbonyl (C=O) groups excluding carboxylic acids is 2. The molecule has 0 aromatic heterocycles. The van der Waals surface area contributed by atoms with Crippen LogP contribution in [0.2, 0.25) is 0 Å². The van der Waals surface area contributed by atoms with Crippen LogP contribution in [0.1, 0.15) is 49.1 Å². The minimum atomic E-state index is -4.95. The molecule has 0 aliphatic carbocycles. The second-order valence-corrected chi connectivity index (χ2v) is 10.3. The van der Waals surface area contributed by atoms with Gasteiger partial charge in [0.25, 0.3) is 11.7 Å². The number of methoxy groups -OCH3 is 1. The predicted octanol–water partition coefficient (Wildman–Crippen LogP) is 6.83. The third-order valence-corrected chi connectivity index (χ3v) is 6.45. The molecule has 6 nitrogen and oxygen atoms in total. The SMILES string of the molecule is COc1ccc(C(C)(C)C)cc1/C(O)=C1\C(=O)C(=O)N(c2cccc(OC(F)(F)F)c2)C1c1cccc(C)c1. The van der Waals surface area contributed by atoms with E-state index in [2.05, 4.69) is 4.74 Å². The molecule has 1 aliphatic rings. The van der Waals surface area contributed by atoms with E-state index in [9.17, 15) is 27.9 Å². The first kappa shape index (κ1) is 27.8. The molecule has 9 heteroatoms. The van der Waals surface area contributed by atoms with E-state index < -0.39 is 35.6 Å². The van der Waals surface area contributed by atoms with E-state index in [1.165, 1.54) is 19.2 Å². The van der Waals surface area contributed by atoms with Crippen molar-refractivity contribution in [2.75, 3.05) is 12.0 Å². The number of halogens is 3. The van der Waals surface area contributed by atoms with E-state index in [0.29, 0.717) is 5.56 Å². The summed E-state index contributed by atoms with van der Waals surface area (Å²) in [6, 6.07) is 15.9. The van der Waals surface area contributed by atoms with Crippen molar-refractivity contribution in [2.45, 2.75) is 45.5 Å². The predicted molar refractivity (Wildman–Crippen MR) is 141 cm³/mol. The van der Waals surface area contributed by atoms with E-state index >= 15 is 0 Å². The van der Waals surface area contributed by atoms with Crippen molar-refractivity contribution in [3.8, 4) is 11.5 Å². The first-order valence-corrected chi connectivity index (χ1v) is 12.1. The third-order valence-electron chi connectivity index (χ3n) is 6.45. The molecule has 4 rings (SSSR count). The van der Waals surface area contributed by atoms with Gasteiger partial charge < -0.3 is 14.6 Å². The molecule has 1 unspecified atom stereocenters. The number of aliphatic hydroxyl groups excluding tert-OH is 1. The van der Waals surface area contributed by atoms with Crippen LogP contribution in [0.3, 0.4) is 0 Å². The monoisotopic (exact) mass is 539 g/mol. The van der Waals surface area contributed by atoms with Gasteiger partial charge in [-0.05, 0) is 47.7 Å². The fraction of sp³-hybridized carbons (Fsp3) is 0.267. The van der Waals surface area contributed by atoms with Crippen LogP contribution in [-0.4, -0.2) is 30.3 Å². The summed E-state index contributed by atoms with van der Waals surface area (Å²) in [6.45, 7) is 7.78. The number of aryl methyl sites for hydroxylation is 1. The highest BCUT2D eigenvalue weighted by Gasteiger charge is 2.47. The fourth-order valence-electron chi connectivity index (χ4n) is 4.59. The lowest BCUT2D eigenvalue weighted by atomic mass is 9.85. The fourth-order valence-corrected chi connectivity index (χ4v) is 4.59. The Hall–Kier alpha value is -4.27. The molecule has 1 N–H and O–H groups in total. The van der Waals surface area contributed by atoms with E-state index in [1.807, 2.05) is 39.8 Å². The normalized spacial score (nSPS) is 17.4. The van der Waals surface area contributed by atoms with Crippen molar-refractivity contribution in [3.63, 3.8) is 0 Å². The number of hydrogen-bond donors (Lipinski definition) is 1. The maximum atomic E-state index is 13.5. The number of benzene rings is 3. The van der Waals surface area contributed by atoms with E-state index in [0.717, 1.165) is 28.2 Å². The van der Waals surface area contributed by atoms with Gasteiger partial charge in [-0.2, -0.15) is 0 Å². The molecule has 0 radical (unpaired) electrons. The summed E-state index contributed by atoms with van der Waals surface area (Å²) in [5, 5.41) is 11.6. The van der Waals surface area contributed by atoms with Gasteiger partial charge in [0.2, 0.25) is 0 Å². The lowest BCUT2D eigenvalue weighted by Crippen LogP contribution is -2.29. The quantitative estimate of drug-likeness (QED) is 0.219. The molecule has 1 fully saturated rings. The van der Waals surface area contributed by atoms with Crippen molar-refractivity contribution in [1.29, 1.82) is 0 Å². The number of ether oxygens (including phenoxy) is 2. The van der Waals surface area contributed by atoms with Gasteiger partial charge >= 0.3 is 6.36 Å². The zero-order valence-corrected chi connectivity index (χ0v) is 22.1. The van der Waals surface area contributed by atoms with Crippen molar-refractivity contribution in [3.05, 3.63) is 94.6 Å². The first-order valence-electron chi connectivity index (χ1n) is 12.1. The van der Waals surface area contributed by atoms with Crippen molar-refractivity contribution in [2.24, 2.45) is 0 Å². The average Bonchev–Trinajstić information content (AvgIpc) is 3.12. The molecular weight excluding hydrogens is 511 g/mol. The molecule has 39 heavy (non-hydrogen) atoms. The Bertz CT molecular complexity index is 1470. The minimum absolute atomic E-state index is 0.000173. The van der Waals surface area contributed by atoms with Gasteiger partial charge in [-0.3, -0.25) is 14.5 Å². The first-order chi connectivity index (χ1) is 18.2. The Labute approximate surface area is 224 Å². The average molecular weight is 540 g/mol. The number of Topliss-reactive ketones (excluding diaryl/α,β-unsaturated/α-hetero) is 1. The van der Waals surface area contributed by atoms with Crippen LogP contribution in [0.25, 0.3) is 5.76 Å². The lowest BCUT2D eigenvalue weighted by Gasteiger charge is -2.26. The van der Waals surface area contributed by atoms with Gasteiger partial charge in [-0.1, -0.05) is 62.7 Å². The summed E-state index contributed by atoms with van der Waals surface area (Å²) in [7, 11) is 1.42. The number of amides is 1. The summed E-state index contributed by atoms with van der Waals surface area (Å²) >= 11 is 0. The Morgan fingerprint density at radius 3 is 2.26 bits per heavy atom. The van der Waals surface area contributed by atoms with Gasteiger partial charge in [0.15, 0.2) is 0 Å². The van der Waals surface area contributed by atoms with Gasteiger partial charge in [0, 0.05) is 11.8 Å². The van der Waals surface area contributed by atoms with E-state index in [4.69, 9.17) is 4.74 Å². The maximum absolute atomic E-state index is 13.5. The summed E-state index contributed by atoms with van der Waals surface area (Å²) in [5.41, 5.74) is 1.86. The van der Waals surface area contributed by atoms with E-state index in [-0.39, 0.29) is 28.0 Å². The molecule has 0 bridgehead atoms. The number of ketones is 1. The Morgan fingerprint density at radius 2 is 1.64 bits per heavy atom. The molecule has 0 spiro atoms. The van der Waals surface area contributed by atoms with Gasteiger partial charge in [-0.25, -0.2) is 0 Å². The number of nitrogens with zero attached hydrogens (tertiary/aromatic N) is 1. The Kier molecular flexibility index (Phi) is 7.21. The molecule has 3 aromatic carbocycles. The minimum Gasteiger partial charge on any atom is -0.507 e. The molecule has 1 amide bonds. The van der Waals surface area contributed by atoms with E-state index in [1.54, 1.807) is 30.3 Å². The highest BCUT2D eigenvalue weighted by molar-refractivity contribution is 6.51. The van der Waals surface area contributed by atoms with Crippen LogP contribution in [0.5, 0.6) is 11.5 Å². The van der Waals surface area contributed by atoms with Crippen LogP contribution in [0.15, 0.2) is 72.3 Å². The maximum Gasteiger partial charge on any atom is 0.573 e. The molecule has 204 valence electrons. The molecule has 0 saturated carbocycles. The molecule has 1 aliphatic heterocycles. The summed E-state index contributed by atoms with van der Waals surface area (Å²) in [6.07, 6.45) is -4.95. The van der Waals surface area contributed by atoms with Crippen LogP contribution in [0.4, 0.5) is 18.9 Å². The summed E-state index contributed by atoms with van der Waals surface area (Å²) in [4.78, 5) is 28.0. The molecule has 1 heterocycles. The van der Waals surface area contributed by atoms with Crippen LogP contribution < -0.4 is 14.4 Å². The van der Waals surface area contributed by atoms with Gasteiger partial charge in [0.05, 0.1) is 24.3 Å². The zero-order chi connectivity index (χ0) is 28.7. The third kappa shape index (κ3) is 5.62. The largest absolute Gasteiger partial charge is 0.573 e. The van der Waals surface area contributed by atoms with Crippen LogP contribution in [-0.2, 0) is 15.0 Å². The number of carbonyl (C=O) groups is 2. The highest BCUT2D eigenvalue weighted by atomic mass is 19.4. The zero-order valence-electron chi connectivity index (χ0n) is 22.1. The molecule has 3 aromatic rings. The second-order valence-electron chi connectivity index (χ2n) is 10.3. The van der Waals surface area contributed by atoms with Gasteiger partial charge in [0.1, 0.15) is 17.3 Å². The Morgan fingerprint density at radius 1 is 0.949 bits per heavy atom. The standard InChI is InChI=1S/C30H28F3NO5/c1-17-8-6-9-18(14-17)25-24(26(35)22-15-19(29(2,3)4)12-13-23(22)38-5)27(36)28(37)34(25)20-10-7-11-21(16-20)39-30(31,32)33/h6-16,25,35H,1-5H3/b26-24+. The second kappa shape index (κ2) is 10.1. The van der Waals surface area contributed by atoms with Crippen molar-refractivity contribution in [1.82, 2.24) is 0 Å². The van der Waals surface area contributed by atoms with Crippen molar-refractivity contribution >= 4 is 23.1 Å². The molecule has 1 saturated heterocycles.